The molecule has 4 heterocycles. The molecule has 1 aromatic heterocycles. The summed E-state index contributed by atoms with van der Waals surface area (Å²) in [6.07, 6.45) is 6.15. The molecule has 0 bridgehead atoms. The number of allylic oxidation sites excluding steroid dienone is 1. The Morgan fingerprint density at radius 2 is 1.46 bits per heavy atom. The Bertz CT molecular complexity index is 2440. The van der Waals surface area contributed by atoms with Crippen LogP contribution in [0.25, 0.3) is 6.08 Å². The molecule has 0 aliphatic carbocycles. The lowest BCUT2D eigenvalue weighted by Gasteiger charge is -2.38. The summed E-state index contributed by atoms with van der Waals surface area (Å²) in [4.78, 5) is 89.2. The van der Waals surface area contributed by atoms with E-state index < -0.39 is 42.6 Å². The Kier molecular flexibility index (Phi) is 24.8. The third-order valence-electron chi connectivity index (χ3n) is 12.8. The van der Waals surface area contributed by atoms with Gasteiger partial charge < -0.3 is 67.1 Å². The number of aromatic nitrogens is 1. The summed E-state index contributed by atoms with van der Waals surface area (Å²) >= 11 is 0. The number of hydrogen-bond acceptors (Lipinski definition) is 15. The molecule has 0 spiro atoms. The number of hydrogen-bond donors (Lipinski definition) is 6. The summed E-state index contributed by atoms with van der Waals surface area (Å²) in [5.74, 6) is -2.60. The van der Waals surface area contributed by atoms with Crippen molar-refractivity contribution in [2.24, 2.45) is 5.92 Å². The van der Waals surface area contributed by atoms with Gasteiger partial charge in [-0.25, -0.2) is 9.36 Å². The highest BCUT2D eigenvalue weighted by atomic mass is 16.7. The summed E-state index contributed by atoms with van der Waals surface area (Å²) in [7, 11) is 0. The first-order chi connectivity index (χ1) is 36.2. The van der Waals surface area contributed by atoms with Crippen LogP contribution in [0.5, 0.6) is 5.75 Å². The van der Waals surface area contributed by atoms with E-state index >= 15 is 0 Å². The molecule has 6 rings (SSSR count). The van der Waals surface area contributed by atoms with Crippen LogP contribution in [0.2, 0.25) is 0 Å². The van der Waals surface area contributed by atoms with E-state index in [1.165, 1.54) is 18.2 Å². The molecule has 6 N–H and O–H groups in total. The number of carboxylic acid groups (broad SMARTS) is 1. The van der Waals surface area contributed by atoms with Gasteiger partial charge in [0.25, 0.3) is 17.7 Å². The van der Waals surface area contributed by atoms with Gasteiger partial charge in [-0.15, -0.1) is 0 Å². The molecule has 3 aliphatic rings. The van der Waals surface area contributed by atoms with Gasteiger partial charge in [-0.2, -0.15) is 0 Å². The Balaban J connectivity index is 0.0000107. The van der Waals surface area contributed by atoms with Gasteiger partial charge in [0.2, 0.25) is 18.1 Å². The highest BCUT2D eigenvalue weighted by Gasteiger charge is 2.48. The zero-order chi connectivity index (χ0) is 53.5. The minimum Gasteiger partial charge on any atom is -0.479 e. The summed E-state index contributed by atoms with van der Waals surface area (Å²) in [6, 6.07) is 17.8. The smallest absolute Gasteiger partial charge is 0.335 e. The van der Waals surface area contributed by atoms with Crippen molar-refractivity contribution in [1.29, 1.82) is 0 Å². The number of ketones is 1. The fourth-order valence-electron chi connectivity index (χ4n) is 8.60. The number of likely N-dealkylation sites (tertiary alicyclic amines) is 1. The van der Waals surface area contributed by atoms with Gasteiger partial charge in [-0.1, -0.05) is 37.5 Å². The number of aliphatic hydroxyl groups is 3. The first-order valence-corrected chi connectivity index (χ1v) is 25.4. The van der Waals surface area contributed by atoms with Crippen molar-refractivity contribution < 1.29 is 82.2 Å². The number of anilines is 1. The van der Waals surface area contributed by atoms with Crippen molar-refractivity contribution in [2.45, 2.75) is 95.0 Å². The number of benzene rings is 2. The first kappa shape index (κ1) is 60.1. The first-order valence-electron chi connectivity index (χ1n) is 25.4. The topological polar surface area (TPSA) is 281 Å². The van der Waals surface area contributed by atoms with Crippen LogP contribution in [0.15, 0.2) is 91.3 Å². The molecule has 21 heteroatoms. The molecular weight excluding hydrogens is 987 g/mol. The van der Waals surface area contributed by atoms with Crippen molar-refractivity contribution in [3.8, 4) is 5.75 Å². The van der Waals surface area contributed by atoms with Crippen LogP contribution in [0, 0.1) is 13.3 Å². The average Bonchev–Trinajstić information content (AvgIpc) is 3.73. The molecule has 0 saturated carbocycles. The molecule has 0 unspecified atom stereocenters. The second kappa shape index (κ2) is 31.4. The lowest BCUT2D eigenvalue weighted by molar-refractivity contribution is -0.688. The molecule has 5 amide bonds. The van der Waals surface area contributed by atoms with Crippen LogP contribution in [0.4, 0.5) is 5.69 Å². The number of nitrogens with one attached hydrogen (secondary N) is 2. The van der Waals surface area contributed by atoms with E-state index in [1.54, 1.807) is 24.3 Å². The molecule has 2 aromatic carbocycles. The van der Waals surface area contributed by atoms with E-state index in [2.05, 4.69) is 10.6 Å². The zero-order valence-corrected chi connectivity index (χ0v) is 42.9. The quantitative estimate of drug-likeness (QED) is 0.0184. The van der Waals surface area contributed by atoms with Gasteiger partial charge in [0.15, 0.2) is 30.8 Å². The summed E-state index contributed by atoms with van der Waals surface area (Å²) in [6.45, 7) is 3.20. The Morgan fingerprint density at radius 3 is 2.17 bits per heavy atom. The maximum absolute atomic E-state index is 13.3. The molecule has 0 radical (unpaired) electrons. The Labute approximate surface area is 442 Å². The van der Waals surface area contributed by atoms with Crippen molar-refractivity contribution in [3.63, 3.8) is 0 Å². The number of unbranched alkanes of at least 4 members (excludes halogenated alkanes) is 2. The number of pyridine rings is 1. The largest absolute Gasteiger partial charge is 0.479 e. The highest BCUT2D eigenvalue weighted by Crippen LogP contribution is 2.31. The number of nitrogens with zero attached hydrogens (tertiary/aromatic N) is 3. The molecule has 5 atom stereocenters. The number of rotatable bonds is 30. The fourth-order valence-corrected chi connectivity index (χ4v) is 8.60. The standard InChI is InChI=1S/C54H67N5O16.CH3/c60-41(12-6-1-3-8-37-20-25-58(26-21-37)52(68)40-10-4-2-5-11-40)15-13-38-9-7-24-57(35-38)36-39-14-16-43(74-54-50(67)48(65)49(66)51(75-54)53(69)70)42(34-39)56-45(62)19-23-55-44(61)22-28-71-30-32-73-33-31-72-29-27-59-46(63)17-18-47(59)64;/h2,4-5,7,9-11,13-18,24,34-35,37,48-51,54,65-67H,1,3,6,8,12,19-23,25-33,36H2,(H2-,55,56,61,62,69,70);1H3/q;-1/p+1/b15-13+;/t48-,49-,50+,51-,54+;/m0./s1. The van der Waals surface area contributed by atoms with Crippen molar-refractivity contribution in [3.05, 3.63) is 115 Å². The third-order valence-corrected chi connectivity index (χ3v) is 12.8. The minimum absolute atomic E-state index is 0. The van der Waals surface area contributed by atoms with Gasteiger partial charge in [0.05, 0.1) is 51.9 Å². The van der Waals surface area contributed by atoms with Crippen LogP contribution in [-0.2, 0) is 54.3 Å². The summed E-state index contributed by atoms with van der Waals surface area (Å²) < 4.78 is 29.3. The number of carbonyl (C=O) groups excluding carboxylic acids is 6. The maximum Gasteiger partial charge on any atom is 0.335 e. The molecule has 76 heavy (non-hydrogen) atoms. The van der Waals surface area contributed by atoms with E-state index in [1.807, 2.05) is 64.3 Å². The Morgan fingerprint density at radius 1 is 0.763 bits per heavy atom. The van der Waals surface area contributed by atoms with Crippen molar-refractivity contribution in [2.75, 3.05) is 71.1 Å². The van der Waals surface area contributed by atoms with Gasteiger partial charge >= 0.3 is 5.97 Å². The number of carboxylic acids is 1. The van der Waals surface area contributed by atoms with E-state index in [0.717, 1.165) is 67.6 Å². The lowest BCUT2D eigenvalue weighted by atomic mass is 9.90. The van der Waals surface area contributed by atoms with Gasteiger partial charge in [0, 0.05) is 73.8 Å². The van der Waals surface area contributed by atoms with Gasteiger partial charge in [0.1, 0.15) is 24.1 Å². The molecule has 3 aromatic rings. The minimum atomic E-state index is -1.94. The van der Waals surface area contributed by atoms with Crippen LogP contribution in [0.3, 0.4) is 0 Å². The lowest BCUT2D eigenvalue weighted by Crippen LogP contribution is -2.61. The fraction of sp³-hybridized carbons (Fsp3) is 0.473. The van der Waals surface area contributed by atoms with Crippen LogP contribution in [-0.4, -0.2) is 168 Å². The number of aliphatic carboxylic acids is 1. The van der Waals surface area contributed by atoms with Gasteiger partial charge in [-0.05, 0) is 73.7 Å². The molecular formula is C55H71N5O16. The average molecular weight is 1060 g/mol. The summed E-state index contributed by atoms with van der Waals surface area (Å²) in [5, 5.41) is 46.2. The molecule has 3 aliphatic heterocycles. The van der Waals surface area contributed by atoms with Crippen molar-refractivity contribution >= 4 is 53.1 Å². The normalized spacial score (nSPS) is 19.6. The maximum atomic E-state index is 13.3. The molecule has 21 nitrogen and oxygen atoms in total. The molecule has 412 valence electrons. The number of imide groups is 1. The second-order valence-electron chi connectivity index (χ2n) is 18.4. The summed E-state index contributed by atoms with van der Waals surface area (Å²) in [5.41, 5.74) is 2.27. The van der Waals surface area contributed by atoms with E-state index in [0.29, 0.717) is 24.4 Å². The van der Waals surface area contributed by atoms with Crippen LogP contribution >= 0.6 is 0 Å². The Hall–Kier alpha value is -6.72. The monoisotopic (exact) mass is 1060 g/mol. The second-order valence-corrected chi connectivity index (χ2v) is 18.4. The number of carbonyl (C=O) groups is 7. The number of aliphatic hydroxyl groups excluding tert-OH is 3. The van der Waals surface area contributed by atoms with Crippen LogP contribution < -0.4 is 19.9 Å². The predicted octanol–water partition coefficient (Wildman–Crippen LogP) is 2.64. The van der Waals surface area contributed by atoms with E-state index in [9.17, 15) is 54.0 Å². The van der Waals surface area contributed by atoms with E-state index in [-0.39, 0.29) is 114 Å². The predicted molar refractivity (Wildman–Crippen MR) is 275 cm³/mol. The third kappa shape index (κ3) is 19.1. The highest BCUT2D eigenvalue weighted by molar-refractivity contribution is 6.12. The zero-order valence-electron chi connectivity index (χ0n) is 42.9. The van der Waals surface area contributed by atoms with Crippen molar-refractivity contribution in [1.82, 2.24) is 15.1 Å². The van der Waals surface area contributed by atoms with Gasteiger partial charge in [-0.3, -0.25) is 33.7 Å². The SMILES string of the molecule is O=C(/C=C/c1ccc[n+](Cc2ccc(O[C@@H]3O[C@H](C(=O)O)[C@@H](O)[C@H](O)[C@H]3O)c(NC(=O)CCNC(=O)CCOCCOCCOCCN3C(=O)C=CC3=O)c2)c1)CCCCCC1CCN(C(=O)c2ccccc2)CC1.[CH3-]. The molecule has 2 fully saturated rings. The molecule has 2 saturated heterocycles. The number of amides is 5. The number of ether oxygens (including phenoxy) is 5. The van der Waals surface area contributed by atoms with E-state index in [4.69, 9.17) is 23.7 Å². The van der Waals surface area contributed by atoms with Crippen LogP contribution in [0.1, 0.15) is 79.3 Å². The number of piperidine rings is 1.